The minimum atomic E-state index is -0.398. The first-order valence-electron chi connectivity index (χ1n) is 8.82. The first-order chi connectivity index (χ1) is 12.5. The van der Waals surface area contributed by atoms with E-state index >= 15 is 0 Å². The SMILES string of the molecule is Cc1ccc(N2NC(C(=O)NC3CC(=O)N(C4CC4)C3)=NCC2=O)cc1. The van der Waals surface area contributed by atoms with Gasteiger partial charge in [-0.3, -0.25) is 24.8 Å². The molecule has 26 heavy (non-hydrogen) atoms. The zero-order chi connectivity index (χ0) is 18.3. The third kappa shape index (κ3) is 3.26. The predicted molar refractivity (Wildman–Crippen MR) is 95.4 cm³/mol. The van der Waals surface area contributed by atoms with E-state index in [-0.39, 0.29) is 30.2 Å². The number of amidine groups is 1. The maximum Gasteiger partial charge on any atom is 0.288 e. The van der Waals surface area contributed by atoms with Gasteiger partial charge in [0.15, 0.2) is 0 Å². The van der Waals surface area contributed by atoms with Crippen LogP contribution in [0.1, 0.15) is 24.8 Å². The summed E-state index contributed by atoms with van der Waals surface area (Å²) in [6, 6.07) is 7.54. The zero-order valence-corrected chi connectivity index (χ0v) is 14.6. The highest BCUT2D eigenvalue weighted by molar-refractivity contribution is 6.39. The molecule has 2 aliphatic heterocycles. The Morgan fingerprint density at radius 2 is 1.92 bits per heavy atom. The van der Waals surface area contributed by atoms with E-state index in [0.29, 0.717) is 24.7 Å². The van der Waals surface area contributed by atoms with Crippen LogP contribution in [-0.4, -0.2) is 53.6 Å². The molecule has 3 aliphatic rings. The fraction of sp³-hybridized carbons (Fsp3) is 0.444. The van der Waals surface area contributed by atoms with Gasteiger partial charge in [-0.25, -0.2) is 5.01 Å². The van der Waals surface area contributed by atoms with Crippen molar-refractivity contribution in [2.24, 2.45) is 4.99 Å². The molecule has 1 unspecified atom stereocenters. The van der Waals surface area contributed by atoms with Gasteiger partial charge in [-0.1, -0.05) is 17.7 Å². The molecule has 3 amide bonds. The van der Waals surface area contributed by atoms with Crippen molar-refractivity contribution in [1.82, 2.24) is 15.6 Å². The third-order valence-corrected chi connectivity index (χ3v) is 4.83. The molecule has 136 valence electrons. The number of hydrazine groups is 1. The molecule has 0 radical (unpaired) electrons. The lowest BCUT2D eigenvalue weighted by molar-refractivity contribution is -0.128. The molecular formula is C18H21N5O3. The lowest BCUT2D eigenvalue weighted by atomic mass is 10.2. The third-order valence-electron chi connectivity index (χ3n) is 4.83. The van der Waals surface area contributed by atoms with Crippen LogP contribution in [0.4, 0.5) is 5.69 Å². The summed E-state index contributed by atoms with van der Waals surface area (Å²) in [7, 11) is 0. The molecule has 1 aromatic rings. The van der Waals surface area contributed by atoms with Crippen LogP contribution < -0.4 is 15.8 Å². The maximum atomic E-state index is 12.5. The van der Waals surface area contributed by atoms with Crippen molar-refractivity contribution in [3.05, 3.63) is 29.8 Å². The Hall–Kier alpha value is -2.90. The summed E-state index contributed by atoms with van der Waals surface area (Å²) >= 11 is 0. The normalized spacial score (nSPS) is 23.0. The van der Waals surface area contributed by atoms with Crippen LogP contribution in [0.3, 0.4) is 0 Å². The van der Waals surface area contributed by atoms with Gasteiger partial charge in [0.1, 0.15) is 6.54 Å². The van der Waals surface area contributed by atoms with Gasteiger partial charge >= 0.3 is 0 Å². The second-order valence-corrected chi connectivity index (χ2v) is 6.99. The van der Waals surface area contributed by atoms with Crippen LogP contribution in [0.15, 0.2) is 29.3 Å². The molecule has 2 N–H and O–H groups in total. The highest BCUT2D eigenvalue weighted by Crippen LogP contribution is 2.30. The molecule has 0 bridgehead atoms. The van der Waals surface area contributed by atoms with Gasteiger partial charge < -0.3 is 10.2 Å². The number of aryl methyl sites for hydroxylation is 1. The van der Waals surface area contributed by atoms with Crippen LogP contribution in [0.25, 0.3) is 0 Å². The van der Waals surface area contributed by atoms with Crippen molar-refractivity contribution < 1.29 is 14.4 Å². The number of benzene rings is 1. The number of aliphatic imine (C=N–C) groups is 1. The molecule has 2 fully saturated rings. The van der Waals surface area contributed by atoms with E-state index in [4.69, 9.17) is 0 Å². The minimum Gasteiger partial charge on any atom is -0.344 e. The van der Waals surface area contributed by atoms with Gasteiger partial charge in [0.2, 0.25) is 11.7 Å². The molecule has 2 heterocycles. The number of carbonyl (C=O) groups is 3. The largest absolute Gasteiger partial charge is 0.344 e. The van der Waals surface area contributed by atoms with Gasteiger partial charge in [-0.2, -0.15) is 0 Å². The maximum absolute atomic E-state index is 12.5. The van der Waals surface area contributed by atoms with Crippen molar-refractivity contribution in [1.29, 1.82) is 0 Å². The molecule has 8 nitrogen and oxygen atoms in total. The summed E-state index contributed by atoms with van der Waals surface area (Å²) in [6.07, 6.45) is 2.42. The van der Waals surface area contributed by atoms with Crippen molar-refractivity contribution in [3.63, 3.8) is 0 Å². The number of carbonyl (C=O) groups excluding carboxylic acids is 3. The molecule has 1 atom stereocenters. The smallest absolute Gasteiger partial charge is 0.288 e. The summed E-state index contributed by atoms with van der Waals surface area (Å²) < 4.78 is 0. The molecule has 0 aromatic heterocycles. The van der Waals surface area contributed by atoms with Crippen LogP contribution >= 0.6 is 0 Å². The topological polar surface area (TPSA) is 94.1 Å². The fourth-order valence-corrected chi connectivity index (χ4v) is 3.27. The Kier molecular flexibility index (Phi) is 4.10. The highest BCUT2D eigenvalue weighted by Gasteiger charge is 2.40. The number of anilines is 1. The van der Waals surface area contributed by atoms with E-state index in [1.807, 2.05) is 36.1 Å². The second kappa shape index (κ2) is 6.44. The minimum absolute atomic E-state index is 0.0856. The first-order valence-corrected chi connectivity index (χ1v) is 8.82. The standard InChI is InChI=1S/C18H21N5O3/c1-11-2-4-14(5-3-11)23-16(25)9-19-17(21-23)18(26)20-12-8-15(24)22(10-12)13-6-7-13/h2-5,12-13H,6-10H2,1H3,(H,19,21)(H,20,26). The average molecular weight is 355 g/mol. The number of hydrogen-bond donors (Lipinski definition) is 2. The summed E-state index contributed by atoms with van der Waals surface area (Å²) in [5, 5.41) is 4.19. The van der Waals surface area contributed by atoms with E-state index in [2.05, 4.69) is 15.7 Å². The molecule has 8 heteroatoms. The molecule has 4 rings (SSSR count). The zero-order valence-electron chi connectivity index (χ0n) is 14.6. The second-order valence-electron chi connectivity index (χ2n) is 6.99. The van der Waals surface area contributed by atoms with Crippen molar-refractivity contribution in [2.45, 2.75) is 38.3 Å². The summed E-state index contributed by atoms with van der Waals surface area (Å²) in [5.41, 5.74) is 4.52. The molecule has 1 saturated heterocycles. The lowest BCUT2D eigenvalue weighted by Gasteiger charge is -2.28. The van der Waals surface area contributed by atoms with E-state index < -0.39 is 5.91 Å². The molecule has 1 saturated carbocycles. The number of nitrogens with zero attached hydrogens (tertiary/aromatic N) is 3. The van der Waals surface area contributed by atoms with Crippen molar-refractivity contribution in [3.8, 4) is 0 Å². The number of amides is 3. The number of likely N-dealkylation sites (tertiary alicyclic amines) is 1. The average Bonchev–Trinajstić information content (AvgIpc) is 3.40. The first kappa shape index (κ1) is 16.6. The van der Waals surface area contributed by atoms with Gasteiger partial charge in [0, 0.05) is 19.0 Å². The Morgan fingerprint density at radius 1 is 1.19 bits per heavy atom. The van der Waals surface area contributed by atoms with Gasteiger partial charge in [0.25, 0.3) is 11.8 Å². The number of rotatable bonds is 4. The number of nitrogens with one attached hydrogen (secondary N) is 2. The Balaban J connectivity index is 1.40. The predicted octanol–water partition coefficient (Wildman–Crippen LogP) is 0.124. The van der Waals surface area contributed by atoms with E-state index in [0.717, 1.165) is 18.4 Å². The Bertz CT molecular complexity index is 785. The lowest BCUT2D eigenvalue weighted by Crippen LogP contribution is -2.57. The van der Waals surface area contributed by atoms with E-state index in [9.17, 15) is 14.4 Å². The van der Waals surface area contributed by atoms with Gasteiger partial charge in [-0.05, 0) is 31.9 Å². The summed E-state index contributed by atoms with van der Waals surface area (Å²) in [5.74, 6) is -0.457. The molecule has 1 aliphatic carbocycles. The van der Waals surface area contributed by atoms with Crippen LogP contribution in [0.2, 0.25) is 0 Å². The molecule has 0 spiro atoms. The number of hydrogen-bond acceptors (Lipinski definition) is 5. The molecule has 1 aromatic carbocycles. The Labute approximate surface area is 151 Å². The Morgan fingerprint density at radius 3 is 2.62 bits per heavy atom. The van der Waals surface area contributed by atoms with Crippen LogP contribution in [0, 0.1) is 6.92 Å². The van der Waals surface area contributed by atoms with Crippen molar-refractivity contribution in [2.75, 3.05) is 18.1 Å². The highest BCUT2D eigenvalue weighted by atomic mass is 16.2. The van der Waals surface area contributed by atoms with Crippen LogP contribution in [0.5, 0.6) is 0 Å². The van der Waals surface area contributed by atoms with Crippen molar-refractivity contribution >= 4 is 29.2 Å². The summed E-state index contributed by atoms with van der Waals surface area (Å²) in [6.45, 7) is 2.41. The quantitative estimate of drug-likeness (QED) is 0.802. The van der Waals surface area contributed by atoms with E-state index in [1.54, 1.807) is 0 Å². The van der Waals surface area contributed by atoms with Crippen LogP contribution in [-0.2, 0) is 14.4 Å². The monoisotopic (exact) mass is 355 g/mol. The molecular weight excluding hydrogens is 334 g/mol. The summed E-state index contributed by atoms with van der Waals surface area (Å²) in [4.78, 5) is 42.5. The van der Waals surface area contributed by atoms with Gasteiger partial charge in [-0.15, -0.1) is 0 Å². The fourth-order valence-electron chi connectivity index (χ4n) is 3.27. The van der Waals surface area contributed by atoms with E-state index in [1.165, 1.54) is 5.01 Å². The van der Waals surface area contributed by atoms with Gasteiger partial charge in [0.05, 0.1) is 11.7 Å².